The second-order valence-corrected chi connectivity index (χ2v) is 7.93. The minimum atomic E-state index is -0.334. The lowest BCUT2D eigenvalue weighted by molar-refractivity contribution is -0.121. The Labute approximate surface area is 179 Å². The van der Waals surface area contributed by atoms with Crippen LogP contribution < -0.4 is 10.6 Å². The van der Waals surface area contributed by atoms with Crippen LogP contribution in [0.25, 0.3) is 5.69 Å². The fraction of sp³-hybridized carbons (Fsp3) is 0.286. The minimum absolute atomic E-state index is 0.0800. The van der Waals surface area contributed by atoms with Gasteiger partial charge in [-0.25, -0.2) is 0 Å². The van der Waals surface area contributed by atoms with Crippen LogP contribution in [0.3, 0.4) is 0 Å². The Morgan fingerprint density at radius 2 is 1.80 bits per heavy atom. The number of rotatable bonds is 8. The van der Waals surface area contributed by atoms with Gasteiger partial charge < -0.3 is 10.6 Å². The molecule has 1 aromatic heterocycles. The van der Waals surface area contributed by atoms with Gasteiger partial charge in [0, 0.05) is 12.6 Å². The van der Waals surface area contributed by atoms with E-state index in [2.05, 4.69) is 26.2 Å². The summed E-state index contributed by atoms with van der Waals surface area (Å²) in [4.78, 5) is 24.0. The number of carbonyl (C=O) groups excluding carboxylic acids is 2. The molecule has 0 aliphatic rings. The van der Waals surface area contributed by atoms with Crippen molar-refractivity contribution in [2.24, 2.45) is 0 Å². The Balaban J connectivity index is 1.65. The zero-order chi connectivity index (χ0) is 21.5. The number of nitrogens with one attached hydrogen (secondary N) is 2. The molecule has 30 heavy (non-hydrogen) atoms. The first-order chi connectivity index (χ1) is 14.5. The molecule has 0 spiro atoms. The van der Waals surface area contributed by atoms with Gasteiger partial charge in [0.1, 0.15) is 0 Å². The SMILES string of the molecule is CCC(Sc1nnnn1-c1ccccc1)C(=O)NC(C)c1ccc(NC(C)=O)cc1. The zero-order valence-corrected chi connectivity index (χ0v) is 17.9. The van der Waals surface area contributed by atoms with E-state index in [-0.39, 0.29) is 23.1 Å². The number of amides is 2. The van der Waals surface area contributed by atoms with Crippen molar-refractivity contribution in [3.63, 3.8) is 0 Å². The number of benzene rings is 2. The predicted octanol–water partition coefficient (Wildman–Crippen LogP) is 3.37. The fourth-order valence-corrected chi connectivity index (χ4v) is 3.80. The molecular formula is C21H24N6O2S. The lowest BCUT2D eigenvalue weighted by atomic mass is 10.1. The molecule has 8 nitrogen and oxygen atoms in total. The minimum Gasteiger partial charge on any atom is -0.349 e. The molecule has 2 unspecified atom stereocenters. The van der Waals surface area contributed by atoms with Crippen LogP contribution in [-0.2, 0) is 9.59 Å². The number of tetrazole rings is 1. The first-order valence-electron chi connectivity index (χ1n) is 9.66. The summed E-state index contributed by atoms with van der Waals surface area (Å²) in [5.41, 5.74) is 2.51. The van der Waals surface area contributed by atoms with Crippen LogP contribution in [-0.4, -0.2) is 37.3 Å². The first-order valence-corrected chi connectivity index (χ1v) is 10.5. The summed E-state index contributed by atoms with van der Waals surface area (Å²) >= 11 is 1.34. The molecule has 2 atom stereocenters. The van der Waals surface area contributed by atoms with Crippen LogP contribution in [0.4, 0.5) is 5.69 Å². The summed E-state index contributed by atoms with van der Waals surface area (Å²) in [6.45, 7) is 5.35. The van der Waals surface area contributed by atoms with Crippen molar-refractivity contribution in [1.82, 2.24) is 25.5 Å². The van der Waals surface area contributed by atoms with Gasteiger partial charge in [0.2, 0.25) is 17.0 Å². The number of hydrogen-bond donors (Lipinski definition) is 2. The van der Waals surface area contributed by atoms with E-state index < -0.39 is 0 Å². The Hall–Kier alpha value is -3.20. The Morgan fingerprint density at radius 1 is 1.10 bits per heavy atom. The van der Waals surface area contributed by atoms with Crippen LogP contribution in [0.2, 0.25) is 0 Å². The van der Waals surface area contributed by atoms with Crippen molar-refractivity contribution < 1.29 is 9.59 Å². The van der Waals surface area contributed by atoms with Gasteiger partial charge in [-0.05, 0) is 53.6 Å². The molecule has 0 saturated heterocycles. The Kier molecular flexibility index (Phi) is 7.18. The molecule has 3 rings (SSSR count). The molecule has 1 heterocycles. The third kappa shape index (κ3) is 5.44. The Bertz CT molecular complexity index is 990. The summed E-state index contributed by atoms with van der Waals surface area (Å²) in [7, 11) is 0. The average Bonchev–Trinajstić information content (AvgIpc) is 3.20. The lowest BCUT2D eigenvalue weighted by Crippen LogP contribution is -2.34. The molecule has 2 N–H and O–H groups in total. The highest BCUT2D eigenvalue weighted by Crippen LogP contribution is 2.26. The smallest absolute Gasteiger partial charge is 0.234 e. The van der Waals surface area contributed by atoms with E-state index in [1.807, 2.05) is 68.4 Å². The maximum atomic E-state index is 12.9. The summed E-state index contributed by atoms with van der Waals surface area (Å²) in [5, 5.41) is 17.9. The second kappa shape index (κ2) is 10.0. The van der Waals surface area contributed by atoms with E-state index in [9.17, 15) is 9.59 Å². The number of aromatic nitrogens is 4. The average molecular weight is 425 g/mol. The van der Waals surface area contributed by atoms with Gasteiger partial charge in [0.15, 0.2) is 0 Å². The monoisotopic (exact) mass is 424 g/mol. The van der Waals surface area contributed by atoms with E-state index in [1.54, 1.807) is 4.68 Å². The van der Waals surface area contributed by atoms with Gasteiger partial charge in [-0.3, -0.25) is 9.59 Å². The van der Waals surface area contributed by atoms with Gasteiger partial charge >= 0.3 is 0 Å². The maximum absolute atomic E-state index is 12.9. The maximum Gasteiger partial charge on any atom is 0.234 e. The molecule has 0 radical (unpaired) electrons. The third-order valence-corrected chi connectivity index (χ3v) is 5.74. The number of thioether (sulfide) groups is 1. The molecule has 9 heteroatoms. The number of hydrogen-bond acceptors (Lipinski definition) is 6. The predicted molar refractivity (Wildman–Crippen MR) is 116 cm³/mol. The fourth-order valence-electron chi connectivity index (χ4n) is 2.88. The molecular weight excluding hydrogens is 400 g/mol. The van der Waals surface area contributed by atoms with Crippen molar-refractivity contribution in [2.75, 3.05) is 5.32 Å². The van der Waals surface area contributed by atoms with Gasteiger partial charge in [-0.2, -0.15) is 4.68 Å². The first kappa shape index (κ1) is 21.5. The Morgan fingerprint density at radius 3 is 2.43 bits per heavy atom. The van der Waals surface area contributed by atoms with Crippen molar-refractivity contribution >= 4 is 29.3 Å². The topological polar surface area (TPSA) is 102 Å². The van der Waals surface area contributed by atoms with Gasteiger partial charge in [-0.1, -0.05) is 49.0 Å². The summed E-state index contributed by atoms with van der Waals surface area (Å²) in [5.74, 6) is -0.201. The highest BCUT2D eigenvalue weighted by molar-refractivity contribution is 8.00. The van der Waals surface area contributed by atoms with Crippen LogP contribution in [0.5, 0.6) is 0 Å². The van der Waals surface area contributed by atoms with E-state index in [0.717, 1.165) is 16.9 Å². The third-order valence-electron chi connectivity index (χ3n) is 4.44. The zero-order valence-electron chi connectivity index (χ0n) is 17.1. The van der Waals surface area contributed by atoms with Crippen molar-refractivity contribution in [3.8, 4) is 5.69 Å². The molecule has 0 aliphatic heterocycles. The van der Waals surface area contributed by atoms with Crippen molar-refractivity contribution in [1.29, 1.82) is 0 Å². The van der Waals surface area contributed by atoms with E-state index in [0.29, 0.717) is 11.6 Å². The van der Waals surface area contributed by atoms with E-state index >= 15 is 0 Å². The van der Waals surface area contributed by atoms with Crippen molar-refractivity contribution in [2.45, 2.75) is 43.6 Å². The highest BCUT2D eigenvalue weighted by Gasteiger charge is 2.23. The molecule has 0 bridgehead atoms. The van der Waals surface area contributed by atoms with Crippen LogP contribution in [0.1, 0.15) is 38.8 Å². The lowest BCUT2D eigenvalue weighted by Gasteiger charge is -2.19. The molecule has 0 saturated carbocycles. The largest absolute Gasteiger partial charge is 0.349 e. The van der Waals surface area contributed by atoms with E-state index in [1.165, 1.54) is 18.7 Å². The molecule has 2 aromatic carbocycles. The van der Waals surface area contributed by atoms with E-state index in [4.69, 9.17) is 0 Å². The standard InChI is InChI=1S/C21H24N6O2S/c1-4-19(30-21-24-25-26-27(21)18-8-6-5-7-9-18)20(29)22-14(2)16-10-12-17(13-11-16)23-15(3)28/h5-14,19H,4H2,1-3H3,(H,22,29)(H,23,28). The highest BCUT2D eigenvalue weighted by atomic mass is 32.2. The van der Waals surface area contributed by atoms with Gasteiger partial charge in [0.25, 0.3) is 0 Å². The molecule has 2 amide bonds. The molecule has 0 aliphatic carbocycles. The van der Waals surface area contributed by atoms with Crippen LogP contribution >= 0.6 is 11.8 Å². The van der Waals surface area contributed by atoms with Gasteiger partial charge in [-0.15, -0.1) is 5.10 Å². The van der Waals surface area contributed by atoms with Gasteiger partial charge in [0.05, 0.1) is 17.0 Å². The number of anilines is 1. The normalized spacial score (nSPS) is 12.8. The van der Waals surface area contributed by atoms with Crippen molar-refractivity contribution in [3.05, 3.63) is 60.2 Å². The molecule has 3 aromatic rings. The second-order valence-electron chi connectivity index (χ2n) is 6.76. The molecule has 0 fully saturated rings. The quantitative estimate of drug-likeness (QED) is 0.538. The summed E-state index contributed by atoms with van der Waals surface area (Å²) in [6.07, 6.45) is 0.631. The summed E-state index contributed by atoms with van der Waals surface area (Å²) in [6, 6.07) is 16.8. The van der Waals surface area contributed by atoms with Crippen LogP contribution in [0, 0.1) is 0 Å². The molecule has 156 valence electrons. The summed E-state index contributed by atoms with van der Waals surface area (Å²) < 4.78 is 1.63. The number of carbonyl (C=O) groups is 2. The number of nitrogens with zero attached hydrogens (tertiary/aromatic N) is 4. The van der Waals surface area contributed by atoms with Crippen LogP contribution in [0.15, 0.2) is 59.8 Å². The number of para-hydroxylation sites is 1.